The molecule has 0 aromatic rings. The summed E-state index contributed by atoms with van der Waals surface area (Å²) in [7, 11) is 0. The first-order chi connectivity index (χ1) is 16.6. The van der Waals surface area contributed by atoms with Crippen molar-refractivity contribution in [3.8, 4) is 0 Å². The van der Waals surface area contributed by atoms with Gasteiger partial charge in [-0.15, -0.1) is 0 Å². The Morgan fingerprint density at radius 2 is 1.72 bits per heavy atom. The van der Waals surface area contributed by atoms with Crippen LogP contribution in [0, 0.1) is 17.3 Å². The van der Waals surface area contributed by atoms with Gasteiger partial charge in [-0.2, -0.15) is 0 Å². The molecule has 2 saturated carbocycles. The summed E-state index contributed by atoms with van der Waals surface area (Å²) in [5.74, 6) is -3.47. The second-order valence-electron chi connectivity index (χ2n) is 11.5. The Kier molecular flexibility index (Phi) is 5.12. The van der Waals surface area contributed by atoms with E-state index < -0.39 is 81.8 Å². The normalized spacial score (nSPS) is 51.7. The summed E-state index contributed by atoms with van der Waals surface area (Å²) in [6.45, 7) is 11.0. The summed E-state index contributed by atoms with van der Waals surface area (Å²) in [6.07, 6.45) is 0.170. The molecule has 2 heterocycles. The van der Waals surface area contributed by atoms with E-state index in [2.05, 4.69) is 0 Å². The van der Waals surface area contributed by atoms with Crippen molar-refractivity contribution in [2.24, 2.45) is 17.3 Å². The van der Waals surface area contributed by atoms with Crippen LogP contribution in [0.5, 0.6) is 0 Å². The molecule has 1 N–H and O–H groups in total. The molecule has 10 nitrogen and oxygen atoms in total. The van der Waals surface area contributed by atoms with Crippen LogP contribution in [0.3, 0.4) is 0 Å². The van der Waals surface area contributed by atoms with E-state index in [1.54, 1.807) is 13.0 Å². The van der Waals surface area contributed by atoms with Crippen LogP contribution in [-0.4, -0.2) is 69.7 Å². The van der Waals surface area contributed by atoms with Gasteiger partial charge in [-0.3, -0.25) is 14.4 Å². The number of rotatable bonds is 3. The molecule has 3 aliphatic carbocycles. The van der Waals surface area contributed by atoms with E-state index in [1.807, 2.05) is 20.8 Å². The molecule has 10 heteroatoms. The molecule has 5 aliphatic rings. The minimum atomic E-state index is -1.92. The van der Waals surface area contributed by atoms with Gasteiger partial charge in [0.25, 0.3) is 0 Å². The highest BCUT2D eigenvalue weighted by Gasteiger charge is 3.01. The summed E-state index contributed by atoms with van der Waals surface area (Å²) in [5, 5.41) is 13.0. The van der Waals surface area contributed by atoms with Gasteiger partial charge in [0.2, 0.25) is 0 Å². The van der Waals surface area contributed by atoms with Crippen molar-refractivity contribution in [3.63, 3.8) is 0 Å². The van der Waals surface area contributed by atoms with Gasteiger partial charge in [-0.25, -0.2) is 4.79 Å². The molecule has 4 fully saturated rings. The molecular weight excluding hydrogens is 472 g/mol. The first kappa shape index (κ1) is 25.2. The average Bonchev–Trinajstić information content (AvgIpc) is 3.35. The van der Waals surface area contributed by atoms with Gasteiger partial charge >= 0.3 is 23.9 Å². The van der Waals surface area contributed by atoms with Gasteiger partial charge in [0, 0.05) is 33.1 Å². The summed E-state index contributed by atoms with van der Waals surface area (Å²) in [4.78, 5) is 49.8. The van der Waals surface area contributed by atoms with Crippen LogP contribution in [0.15, 0.2) is 11.6 Å². The van der Waals surface area contributed by atoms with Gasteiger partial charge in [-0.1, -0.05) is 19.4 Å². The van der Waals surface area contributed by atoms with E-state index in [1.165, 1.54) is 20.8 Å². The topological polar surface area (TPSA) is 138 Å². The van der Waals surface area contributed by atoms with Gasteiger partial charge in [0.05, 0.1) is 5.41 Å². The van der Waals surface area contributed by atoms with E-state index >= 15 is 0 Å². The molecule has 198 valence electrons. The number of allylic oxidation sites excluding steroid dienone is 1. The monoisotopic (exact) mass is 506 g/mol. The number of aliphatic hydroxyl groups is 1. The third kappa shape index (κ3) is 2.59. The van der Waals surface area contributed by atoms with Crippen molar-refractivity contribution in [1.29, 1.82) is 0 Å². The molecule has 0 aromatic carbocycles. The van der Waals surface area contributed by atoms with Crippen LogP contribution < -0.4 is 0 Å². The van der Waals surface area contributed by atoms with E-state index in [-0.39, 0.29) is 12.8 Å². The highest BCUT2D eigenvalue weighted by molar-refractivity contribution is 5.90. The Bertz CT molecular complexity index is 1100. The Hall–Kier alpha value is -2.46. The molecule has 36 heavy (non-hydrogen) atoms. The number of hydrogen-bond acceptors (Lipinski definition) is 10. The van der Waals surface area contributed by atoms with Crippen LogP contribution in [-0.2, 0) is 42.9 Å². The SMILES string of the molecule is CC(=O)O[C@H]1C[C@H](OC(C)=O)[C@@]2(C)[C@H]([C@H]1C)[C@]1(O)[C@@]2(OC(C)=O)CC/C(C)=C\[C@@H]2OC(=O)[C@@]3(C)O[C@@]213. The lowest BCUT2D eigenvalue weighted by Crippen LogP contribution is -2.92. The Labute approximate surface area is 209 Å². The highest BCUT2D eigenvalue weighted by Crippen LogP contribution is 2.81. The first-order valence-electron chi connectivity index (χ1n) is 12.5. The smallest absolute Gasteiger partial charge is 0.342 e. The minimum Gasteiger partial charge on any atom is -0.462 e. The second-order valence-corrected chi connectivity index (χ2v) is 11.5. The third-order valence-electron chi connectivity index (χ3n) is 9.68. The summed E-state index contributed by atoms with van der Waals surface area (Å²) in [5.41, 5.74) is -6.68. The Morgan fingerprint density at radius 3 is 2.28 bits per heavy atom. The maximum atomic E-state index is 13.0. The van der Waals surface area contributed by atoms with E-state index in [9.17, 15) is 24.3 Å². The fraction of sp³-hybridized carbons (Fsp3) is 0.769. The van der Waals surface area contributed by atoms with E-state index in [0.29, 0.717) is 6.42 Å². The van der Waals surface area contributed by atoms with Crippen molar-refractivity contribution >= 4 is 23.9 Å². The maximum Gasteiger partial charge on any atom is 0.342 e. The largest absolute Gasteiger partial charge is 0.462 e. The summed E-state index contributed by atoms with van der Waals surface area (Å²) < 4.78 is 29.5. The van der Waals surface area contributed by atoms with E-state index in [4.69, 9.17) is 23.7 Å². The van der Waals surface area contributed by atoms with Crippen molar-refractivity contribution in [1.82, 2.24) is 0 Å². The zero-order chi connectivity index (χ0) is 26.6. The molecule has 1 spiro atoms. The molecule has 0 amide bonds. The van der Waals surface area contributed by atoms with Gasteiger partial charge in [-0.05, 0) is 38.7 Å². The third-order valence-corrected chi connectivity index (χ3v) is 9.68. The number of carbonyl (C=O) groups is 4. The lowest BCUT2D eigenvalue weighted by atomic mass is 9.30. The zero-order valence-electron chi connectivity index (χ0n) is 21.7. The van der Waals surface area contributed by atoms with Crippen molar-refractivity contribution in [3.05, 3.63) is 11.6 Å². The molecular formula is C26H34O10. The fourth-order valence-electron chi connectivity index (χ4n) is 8.41. The molecule has 0 aromatic heterocycles. The minimum absolute atomic E-state index is 0.172. The molecule has 2 saturated heterocycles. The lowest BCUT2D eigenvalue weighted by molar-refractivity contribution is -0.417. The maximum absolute atomic E-state index is 13.0. The van der Waals surface area contributed by atoms with Crippen LogP contribution in [0.4, 0.5) is 0 Å². The Morgan fingerprint density at radius 1 is 1.08 bits per heavy atom. The Balaban J connectivity index is 1.77. The zero-order valence-corrected chi connectivity index (χ0v) is 21.7. The van der Waals surface area contributed by atoms with E-state index in [0.717, 1.165) is 5.57 Å². The summed E-state index contributed by atoms with van der Waals surface area (Å²) >= 11 is 0. The van der Waals surface area contributed by atoms with Crippen LogP contribution in [0.25, 0.3) is 0 Å². The predicted octanol–water partition coefficient (Wildman–Crippen LogP) is 1.75. The van der Waals surface area contributed by atoms with Crippen LogP contribution in [0.1, 0.15) is 67.7 Å². The molecule has 10 atom stereocenters. The van der Waals surface area contributed by atoms with Gasteiger partial charge in [0.15, 0.2) is 22.9 Å². The molecule has 2 aliphatic heterocycles. The quantitative estimate of drug-likeness (QED) is 0.261. The molecule has 0 unspecified atom stereocenters. The second kappa shape index (κ2) is 7.31. The van der Waals surface area contributed by atoms with Crippen LogP contribution in [0.2, 0.25) is 0 Å². The molecule has 0 bridgehead atoms. The number of epoxide rings is 1. The van der Waals surface area contributed by atoms with Gasteiger partial charge < -0.3 is 28.8 Å². The molecule has 0 radical (unpaired) electrons. The predicted molar refractivity (Wildman–Crippen MR) is 121 cm³/mol. The number of carbonyl (C=O) groups excluding carboxylic acids is 4. The lowest BCUT2D eigenvalue weighted by Gasteiger charge is -2.77. The first-order valence-corrected chi connectivity index (χ1v) is 12.5. The van der Waals surface area contributed by atoms with Gasteiger partial charge in [0.1, 0.15) is 17.8 Å². The number of fused-ring (bicyclic) bond motifs is 4. The average molecular weight is 507 g/mol. The standard InChI is InChI=1S/C26H34O10/c1-12-8-9-24(35-16(5)29)22(6)18(33-15(4)28)11-17(32-14(3)27)13(2)20(22)25(24,31)26-19(10-12)34-21(30)23(26,7)36-26/h10,13,17-20,31H,8-9,11H2,1-7H3/b12-10-/t13-,17-,18-,19-,20-,22-,23+,24+,25-,26+/m0/s1. The molecule has 5 rings (SSSR count). The summed E-state index contributed by atoms with van der Waals surface area (Å²) in [6, 6.07) is 0. The number of ether oxygens (including phenoxy) is 5. The highest BCUT2D eigenvalue weighted by atomic mass is 16.7. The van der Waals surface area contributed by atoms with Crippen LogP contribution >= 0.6 is 0 Å². The van der Waals surface area contributed by atoms with Crippen molar-refractivity contribution < 1.29 is 48.0 Å². The fourth-order valence-corrected chi connectivity index (χ4v) is 8.41. The number of hydrogen-bond donors (Lipinski definition) is 1. The van der Waals surface area contributed by atoms with Crippen molar-refractivity contribution in [2.75, 3.05) is 0 Å². The number of esters is 4. The van der Waals surface area contributed by atoms with Crippen molar-refractivity contribution in [2.45, 2.75) is 108 Å².